The Bertz CT molecular complexity index is 290. The van der Waals surface area contributed by atoms with Gasteiger partial charge in [0, 0.05) is 5.41 Å². The van der Waals surface area contributed by atoms with Crippen LogP contribution in [0.5, 0.6) is 0 Å². The summed E-state index contributed by atoms with van der Waals surface area (Å²) in [6, 6.07) is 0. The number of carboxylic acids is 1. The lowest BCUT2D eigenvalue weighted by Gasteiger charge is -2.38. The first-order valence-corrected chi connectivity index (χ1v) is 3.99. The SMILES string of the molecule is CC1(C)CC=CC(=O)C1(O)C(=O)O. The van der Waals surface area contributed by atoms with Gasteiger partial charge in [-0.15, -0.1) is 0 Å². The number of rotatable bonds is 1. The monoisotopic (exact) mass is 184 g/mol. The van der Waals surface area contributed by atoms with E-state index in [1.165, 1.54) is 0 Å². The predicted octanol–water partition coefficient (Wildman–Crippen LogP) is 0.357. The number of carbonyl (C=O) groups is 2. The van der Waals surface area contributed by atoms with E-state index in [2.05, 4.69) is 0 Å². The molecule has 0 radical (unpaired) electrons. The number of hydrogen-bond donors (Lipinski definition) is 2. The molecule has 1 unspecified atom stereocenters. The van der Waals surface area contributed by atoms with Gasteiger partial charge in [-0.3, -0.25) is 4.79 Å². The predicted molar refractivity (Wildman–Crippen MR) is 45.1 cm³/mol. The number of allylic oxidation sites excluding steroid dienone is 1. The van der Waals surface area contributed by atoms with Crippen LogP contribution in [0.15, 0.2) is 12.2 Å². The Hall–Kier alpha value is -1.16. The van der Waals surface area contributed by atoms with Gasteiger partial charge in [-0.05, 0) is 12.5 Å². The molecule has 2 N–H and O–H groups in total. The molecule has 0 saturated carbocycles. The van der Waals surface area contributed by atoms with Gasteiger partial charge in [0.05, 0.1) is 0 Å². The second kappa shape index (κ2) is 2.67. The zero-order valence-corrected chi connectivity index (χ0v) is 7.57. The van der Waals surface area contributed by atoms with Crippen molar-refractivity contribution < 1.29 is 19.8 Å². The number of ketones is 1. The summed E-state index contributed by atoms with van der Waals surface area (Å²) in [7, 11) is 0. The Morgan fingerprint density at radius 3 is 2.38 bits per heavy atom. The van der Waals surface area contributed by atoms with Gasteiger partial charge in [0.25, 0.3) is 0 Å². The van der Waals surface area contributed by atoms with Crippen molar-refractivity contribution in [3.05, 3.63) is 12.2 Å². The molecule has 1 aliphatic carbocycles. The Morgan fingerprint density at radius 2 is 2.08 bits per heavy atom. The van der Waals surface area contributed by atoms with Crippen LogP contribution in [0.25, 0.3) is 0 Å². The summed E-state index contributed by atoms with van der Waals surface area (Å²) in [6.07, 6.45) is 3.08. The maximum atomic E-state index is 11.3. The summed E-state index contributed by atoms with van der Waals surface area (Å²) in [5.74, 6) is -2.23. The molecule has 0 aromatic heterocycles. The van der Waals surface area contributed by atoms with Crippen LogP contribution in [-0.4, -0.2) is 27.6 Å². The second-order valence-electron chi connectivity index (χ2n) is 3.87. The van der Waals surface area contributed by atoms with Gasteiger partial charge in [0.15, 0.2) is 5.78 Å². The van der Waals surface area contributed by atoms with E-state index in [0.717, 1.165) is 6.08 Å². The first kappa shape index (κ1) is 9.92. The van der Waals surface area contributed by atoms with Gasteiger partial charge in [-0.25, -0.2) is 4.79 Å². The summed E-state index contributed by atoms with van der Waals surface area (Å²) >= 11 is 0. The average Bonchev–Trinajstić information content (AvgIpc) is 1.99. The maximum absolute atomic E-state index is 11.3. The van der Waals surface area contributed by atoms with Crippen molar-refractivity contribution in [3.63, 3.8) is 0 Å². The van der Waals surface area contributed by atoms with E-state index in [-0.39, 0.29) is 0 Å². The second-order valence-corrected chi connectivity index (χ2v) is 3.87. The quantitative estimate of drug-likeness (QED) is 0.577. The first-order valence-electron chi connectivity index (χ1n) is 3.99. The van der Waals surface area contributed by atoms with Crippen molar-refractivity contribution in [1.82, 2.24) is 0 Å². The minimum atomic E-state index is -2.28. The van der Waals surface area contributed by atoms with E-state index in [0.29, 0.717) is 6.42 Å². The first-order chi connectivity index (χ1) is 5.82. The minimum Gasteiger partial charge on any atom is -0.479 e. The fourth-order valence-corrected chi connectivity index (χ4v) is 1.46. The summed E-state index contributed by atoms with van der Waals surface area (Å²) < 4.78 is 0. The molecular weight excluding hydrogens is 172 g/mol. The van der Waals surface area contributed by atoms with Crippen molar-refractivity contribution >= 4 is 11.8 Å². The van der Waals surface area contributed by atoms with Crippen LogP contribution < -0.4 is 0 Å². The fraction of sp³-hybridized carbons (Fsp3) is 0.556. The van der Waals surface area contributed by atoms with Gasteiger partial charge in [-0.1, -0.05) is 19.9 Å². The molecule has 0 heterocycles. The van der Waals surface area contributed by atoms with Gasteiger partial charge < -0.3 is 10.2 Å². The van der Waals surface area contributed by atoms with Crippen LogP contribution in [0.2, 0.25) is 0 Å². The third kappa shape index (κ3) is 1.18. The van der Waals surface area contributed by atoms with E-state index in [9.17, 15) is 14.7 Å². The topological polar surface area (TPSA) is 74.6 Å². The molecule has 0 fully saturated rings. The molecule has 0 bridgehead atoms. The molecule has 1 aliphatic rings. The van der Waals surface area contributed by atoms with Crippen LogP contribution in [0.4, 0.5) is 0 Å². The lowest BCUT2D eigenvalue weighted by molar-refractivity contribution is -0.177. The number of aliphatic hydroxyl groups is 1. The van der Waals surface area contributed by atoms with Crippen LogP contribution in [0.1, 0.15) is 20.3 Å². The molecule has 0 spiro atoms. The zero-order valence-electron chi connectivity index (χ0n) is 7.57. The Labute approximate surface area is 75.9 Å². The molecule has 4 heteroatoms. The molecule has 0 aromatic rings. The Morgan fingerprint density at radius 1 is 1.54 bits per heavy atom. The standard InChI is InChI=1S/C9H12O4/c1-8(2)5-3-4-6(10)9(8,13)7(11)12/h3-4,13H,5H2,1-2H3,(H,11,12). The van der Waals surface area contributed by atoms with Gasteiger partial charge in [0.2, 0.25) is 5.60 Å². The van der Waals surface area contributed by atoms with Crippen molar-refractivity contribution in [1.29, 1.82) is 0 Å². The Kier molecular flexibility index (Phi) is 2.04. The molecule has 0 saturated heterocycles. The molecule has 0 aromatic carbocycles. The highest BCUT2D eigenvalue weighted by molar-refractivity contribution is 6.13. The summed E-state index contributed by atoms with van der Waals surface area (Å²) in [4.78, 5) is 22.1. The van der Waals surface area contributed by atoms with Gasteiger partial charge in [-0.2, -0.15) is 0 Å². The summed E-state index contributed by atoms with van der Waals surface area (Å²) in [5.41, 5.74) is -3.23. The van der Waals surface area contributed by atoms with E-state index >= 15 is 0 Å². The molecular formula is C9H12O4. The highest BCUT2D eigenvalue weighted by Crippen LogP contribution is 2.38. The third-order valence-electron chi connectivity index (χ3n) is 2.54. The summed E-state index contributed by atoms with van der Waals surface area (Å²) in [6.45, 7) is 3.12. The normalized spacial score (nSPS) is 31.8. The average molecular weight is 184 g/mol. The smallest absolute Gasteiger partial charge is 0.344 e. The van der Waals surface area contributed by atoms with Crippen molar-refractivity contribution in [2.45, 2.75) is 25.9 Å². The lowest BCUT2D eigenvalue weighted by atomic mass is 9.67. The van der Waals surface area contributed by atoms with Crippen molar-refractivity contribution in [3.8, 4) is 0 Å². The lowest BCUT2D eigenvalue weighted by Crippen LogP contribution is -2.58. The molecule has 0 amide bonds. The van der Waals surface area contributed by atoms with Crippen molar-refractivity contribution in [2.75, 3.05) is 0 Å². The summed E-state index contributed by atoms with van der Waals surface area (Å²) in [5, 5.41) is 18.5. The van der Waals surface area contributed by atoms with Gasteiger partial charge >= 0.3 is 5.97 Å². The number of carboxylic acid groups (broad SMARTS) is 1. The molecule has 1 rings (SSSR count). The van der Waals surface area contributed by atoms with E-state index in [1.54, 1.807) is 19.9 Å². The largest absolute Gasteiger partial charge is 0.479 e. The molecule has 13 heavy (non-hydrogen) atoms. The van der Waals surface area contributed by atoms with Crippen LogP contribution >= 0.6 is 0 Å². The van der Waals surface area contributed by atoms with Crippen LogP contribution in [0, 0.1) is 5.41 Å². The number of carbonyl (C=O) groups excluding carboxylic acids is 1. The zero-order chi connectivity index (χ0) is 10.3. The fourth-order valence-electron chi connectivity index (χ4n) is 1.46. The highest BCUT2D eigenvalue weighted by Gasteiger charge is 2.55. The van der Waals surface area contributed by atoms with E-state index in [1.807, 2.05) is 0 Å². The molecule has 4 nitrogen and oxygen atoms in total. The molecule has 0 aliphatic heterocycles. The van der Waals surface area contributed by atoms with Gasteiger partial charge in [0.1, 0.15) is 0 Å². The molecule has 1 atom stereocenters. The van der Waals surface area contributed by atoms with E-state index < -0.39 is 22.8 Å². The van der Waals surface area contributed by atoms with E-state index in [4.69, 9.17) is 5.11 Å². The van der Waals surface area contributed by atoms with Crippen LogP contribution in [-0.2, 0) is 9.59 Å². The Balaban J connectivity index is 3.25. The molecule has 72 valence electrons. The highest BCUT2D eigenvalue weighted by atomic mass is 16.4. The van der Waals surface area contributed by atoms with Crippen molar-refractivity contribution in [2.24, 2.45) is 5.41 Å². The number of aliphatic carboxylic acids is 1. The minimum absolute atomic E-state index is 0.377. The van der Waals surface area contributed by atoms with Crippen LogP contribution in [0.3, 0.4) is 0 Å². The maximum Gasteiger partial charge on any atom is 0.344 e. The third-order valence-corrected chi connectivity index (χ3v) is 2.54. The number of hydrogen-bond acceptors (Lipinski definition) is 3.